The molecule has 2 aromatic carbocycles. The molecule has 1 N–H and O–H groups in total. The van der Waals surface area contributed by atoms with E-state index in [1.807, 2.05) is 67.5 Å². The fourth-order valence-electron chi connectivity index (χ4n) is 1.77. The smallest absolute Gasteiger partial charge is 0.174 e. The molecule has 0 aliphatic rings. The fraction of sp³-hybridized carbons (Fsp3) is 0.176. The Morgan fingerprint density at radius 3 is 2.14 bits per heavy atom. The number of nitrogens with one attached hydrogen (secondary N) is 1. The summed E-state index contributed by atoms with van der Waals surface area (Å²) in [6.45, 7) is 0.619. The lowest BCUT2D eigenvalue weighted by atomic mass is 10.2. The van der Waals surface area contributed by atoms with Crippen LogP contribution in [0.1, 0.15) is 11.1 Å². The zero-order chi connectivity index (χ0) is 15.1. The van der Waals surface area contributed by atoms with Crippen LogP contribution in [-0.2, 0) is 6.54 Å². The first-order chi connectivity index (χ1) is 10.2. The van der Waals surface area contributed by atoms with Crippen molar-refractivity contribution in [3.63, 3.8) is 0 Å². The molecule has 0 unspecified atom stereocenters. The summed E-state index contributed by atoms with van der Waals surface area (Å²) in [7, 11) is 3.82. The van der Waals surface area contributed by atoms with Gasteiger partial charge in [-0.1, -0.05) is 60.7 Å². The van der Waals surface area contributed by atoms with E-state index in [0.717, 1.165) is 11.4 Å². The summed E-state index contributed by atoms with van der Waals surface area (Å²) < 4.78 is 0. The first-order valence-corrected chi connectivity index (χ1v) is 7.20. The van der Waals surface area contributed by atoms with Crippen molar-refractivity contribution in [3.8, 4) is 0 Å². The molecular formula is C17H19N3S. The van der Waals surface area contributed by atoms with Gasteiger partial charge in [-0.3, -0.25) is 4.99 Å². The van der Waals surface area contributed by atoms with E-state index >= 15 is 0 Å². The number of thiocarbonyl (C=S) groups is 1. The van der Waals surface area contributed by atoms with E-state index in [4.69, 9.17) is 12.2 Å². The summed E-state index contributed by atoms with van der Waals surface area (Å²) in [5.41, 5.74) is 2.20. The number of nitrogens with zero attached hydrogens (tertiary/aromatic N) is 2. The molecule has 2 rings (SSSR count). The SMILES string of the molecule is CN(C)C(=S)NC(=NCc1ccccc1)c1ccccc1. The second kappa shape index (κ2) is 7.55. The molecule has 0 heterocycles. The largest absolute Gasteiger partial charge is 0.355 e. The standard InChI is InChI=1S/C17H19N3S/c1-20(2)17(21)19-16(15-11-7-4-8-12-15)18-13-14-9-5-3-6-10-14/h3-12H,13H2,1-2H3,(H,18,19,21). The maximum Gasteiger partial charge on any atom is 0.174 e. The van der Waals surface area contributed by atoms with Gasteiger partial charge in [0.25, 0.3) is 0 Å². The fourth-order valence-corrected chi connectivity index (χ4v) is 1.86. The molecule has 108 valence electrons. The maximum atomic E-state index is 5.32. The molecule has 4 heteroatoms. The lowest BCUT2D eigenvalue weighted by molar-refractivity contribution is 0.619. The second-order valence-corrected chi connectivity index (χ2v) is 5.23. The summed E-state index contributed by atoms with van der Waals surface area (Å²) in [5.74, 6) is 0.790. The molecule has 3 nitrogen and oxygen atoms in total. The first kappa shape index (κ1) is 15.2. The number of amidine groups is 1. The zero-order valence-corrected chi connectivity index (χ0v) is 13.1. The van der Waals surface area contributed by atoms with Crippen LogP contribution in [-0.4, -0.2) is 29.9 Å². The molecule has 0 atom stereocenters. The second-order valence-electron chi connectivity index (χ2n) is 4.84. The monoisotopic (exact) mass is 297 g/mol. The van der Waals surface area contributed by atoms with Gasteiger partial charge in [0.05, 0.1) is 6.54 Å². The highest BCUT2D eigenvalue weighted by Gasteiger charge is 2.06. The van der Waals surface area contributed by atoms with Gasteiger partial charge in [-0.05, 0) is 17.8 Å². The molecule has 0 spiro atoms. The summed E-state index contributed by atoms with van der Waals surface area (Å²) in [4.78, 5) is 6.54. The molecule has 0 fully saturated rings. The van der Waals surface area contributed by atoms with Crippen LogP contribution in [0.25, 0.3) is 0 Å². The molecule has 0 saturated heterocycles. The van der Waals surface area contributed by atoms with E-state index in [1.165, 1.54) is 5.56 Å². The Morgan fingerprint density at radius 1 is 1.00 bits per heavy atom. The summed E-state index contributed by atoms with van der Waals surface area (Å²) >= 11 is 5.32. The van der Waals surface area contributed by atoms with E-state index in [9.17, 15) is 0 Å². The minimum absolute atomic E-state index is 0.619. The predicted octanol–water partition coefficient (Wildman–Crippen LogP) is 3.07. The van der Waals surface area contributed by atoms with Crippen LogP contribution in [0, 0.1) is 0 Å². The molecule has 2 aromatic rings. The zero-order valence-electron chi connectivity index (χ0n) is 12.3. The molecular weight excluding hydrogens is 278 g/mol. The molecule has 21 heavy (non-hydrogen) atoms. The van der Waals surface area contributed by atoms with Gasteiger partial charge in [0.15, 0.2) is 5.11 Å². The van der Waals surface area contributed by atoms with Gasteiger partial charge in [-0.15, -0.1) is 0 Å². The van der Waals surface area contributed by atoms with Crippen molar-refractivity contribution in [2.24, 2.45) is 4.99 Å². The van der Waals surface area contributed by atoms with Crippen molar-refractivity contribution in [1.82, 2.24) is 10.2 Å². The van der Waals surface area contributed by atoms with Gasteiger partial charge in [0.1, 0.15) is 5.84 Å². The van der Waals surface area contributed by atoms with Gasteiger partial charge in [0, 0.05) is 19.7 Å². The highest BCUT2D eigenvalue weighted by Crippen LogP contribution is 2.04. The van der Waals surface area contributed by atoms with Crippen molar-refractivity contribution in [2.75, 3.05) is 14.1 Å². The Hall–Kier alpha value is -2.20. The van der Waals surface area contributed by atoms with E-state index < -0.39 is 0 Å². The number of hydrogen-bond donors (Lipinski definition) is 1. The van der Waals surface area contributed by atoms with Gasteiger partial charge in [-0.2, -0.15) is 0 Å². The van der Waals surface area contributed by atoms with Crippen LogP contribution in [0.2, 0.25) is 0 Å². The van der Waals surface area contributed by atoms with E-state index in [-0.39, 0.29) is 0 Å². The lowest BCUT2D eigenvalue weighted by Crippen LogP contribution is -2.39. The third-order valence-electron chi connectivity index (χ3n) is 2.94. The van der Waals surface area contributed by atoms with E-state index in [1.54, 1.807) is 0 Å². The van der Waals surface area contributed by atoms with Crippen LogP contribution in [0.5, 0.6) is 0 Å². The van der Waals surface area contributed by atoms with Crippen molar-refractivity contribution in [1.29, 1.82) is 0 Å². The van der Waals surface area contributed by atoms with Crippen LogP contribution in [0.3, 0.4) is 0 Å². The number of hydrogen-bond acceptors (Lipinski definition) is 2. The predicted molar refractivity (Wildman–Crippen MR) is 92.5 cm³/mol. The first-order valence-electron chi connectivity index (χ1n) is 6.79. The topological polar surface area (TPSA) is 27.6 Å². The Labute approximate surface area is 131 Å². The normalized spacial score (nSPS) is 11.0. The molecule has 0 bridgehead atoms. The molecule has 0 aliphatic heterocycles. The maximum absolute atomic E-state index is 5.32. The summed E-state index contributed by atoms with van der Waals surface area (Å²) in [6.07, 6.45) is 0. The van der Waals surface area contributed by atoms with Crippen molar-refractivity contribution < 1.29 is 0 Å². The van der Waals surface area contributed by atoms with E-state index in [2.05, 4.69) is 22.4 Å². The average Bonchev–Trinajstić information content (AvgIpc) is 2.53. The quantitative estimate of drug-likeness (QED) is 0.536. The number of benzene rings is 2. The van der Waals surface area contributed by atoms with Crippen LogP contribution < -0.4 is 5.32 Å². The van der Waals surface area contributed by atoms with Crippen LogP contribution >= 0.6 is 12.2 Å². The van der Waals surface area contributed by atoms with Crippen LogP contribution in [0.4, 0.5) is 0 Å². The molecule has 0 amide bonds. The lowest BCUT2D eigenvalue weighted by Gasteiger charge is -2.17. The number of rotatable bonds is 3. The molecule has 0 aromatic heterocycles. The average molecular weight is 297 g/mol. The van der Waals surface area contributed by atoms with Crippen molar-refractivity contribution >= 4 is 23.2 Å². The van der Waals surface area contributed by atoms with E-state index in [0.29, 0.717) is 11.7 Å². The van der Waals surface area contributed by atoms with Gasteiger partial charge < -0.3 is 10.2 Å². The summed E-state index contributed by atoms with van der Waals surface area (Å²) in [5, 5.41) is 3.85. The van der Waals surface area contributed by atoms with Crippen molar-refractivity contribution in [2.45, 2.75) is 6.54 Å². The van der Waals surface area contributed by atoms with Gasteiger partial charge in [-0.25, -0.2) is 0 Å². The van der Waals surface area contributed by atoms with Gasteiger partial charge >= 0.3 is 0 Å². The molecule has 0 aliphatic carbocycles. The third kappa shape index (κ3) is 4.68. The highest BCUT2D eigenvalue weighted by atomic mass is 32.1. The van der Waals surface area contributed by atoms with Crippen LogP contribution in [0.15, 0.2) is 65.7 Å². The minimum Gasteiger partial charge on any atom is -0.355 e. The minimum atomic E-state index is 0.619. The Kier molecular flexibility index (Phi) is 5.46. The molecule has 0 saturated carbocycles. The Balaban J connectivity index is 2.21. The third-order valence-corrected chi connectivity index (χ3v) is 3.41. The molecule has 0 radical (unpaired) electrons. The van der Waals surface area contributed by atoms with Crippen molar-refractivity contribution in [3.05, 3.63) is 71.8 Å². The summed E-state index contributed by atoms with van der Waals surface area (Å²) in [6, 6.07) is 20.2. The van der Waals surface area contributed by atoms with Gasteiger partial charge in [0.2, 0.25) is 0 Å². The highest BCUT2D eigenvalue weighted by molar-refractivity contribution is 7.80. The Morgan fingerprint density at radius 2 is 1.57 bits per heavy atom. The number of aliphatic imine (C=N–C) groups is 1. The Bertz CT molecular complexity index is 606.